The van der Waals surface area contributed by atoms with Crippen LogP contribution in [0.3, 0.4) is 0 Å². The van der Waals surface area contributed by atoms with Crippen LogP contribution in [0.5, 0.6) is 0 Å². The second-order valence-electron chi connectivity index (χ2n) is 5.73. The van der Waals surface area contributed by atoms with Crippen molar-refractivity contribution in [3.05, 3.63) is 34.1 Å². The highest BCUT2D eigenvalue weighted by atomic mass is 35.5. The molecule has 2 aromatic rings. The number of aromatic nitrogens is 3. The van der Waals surface area contributed by atoms with Gasteiger partial charge in [0.25, 0.3) is 0 Å². The Kier molecular flexibility index (Phi) is 4.69. The monoisotopic (exact) mass is 324 g/mol. The molecule has 0 bridgehead atoms. The fourth-order valence-electron chi connectivity index (χ4n) is 1.79. The van der Waals surface area contributed by atoms with Gasteiger partial charge in [-0.2, -0.15) is 0 Å². The number of rotatable bonds is 3. The molecule has 2 aromatic heterocycles. The van der Waals surface area contributed by atoms with E-state index in [1.807, 2.05) is 13.0 Å². The SMILES string of the molecule is CCNc1cc(C(C)(C)C)nc(-c2ncc(Cl)cc2Cl)n1. The minimum atomic E-state index is -0.0965. The molecule has 0 fully saturated rings. The van der Waals surface area contributed by atoms with Crippen LogP contribution in [0.2, 0.25) is 10.0 Å². The van der Waals surface area contributed by atoms with Gasteiger partial charge in [0.2, 0.25) is 0 Å². The van der Waals surface area contributed by atoms with E-state index in [0.717, 1.165) is 18.1 Å². The Morgan fingerprint density at radius 1 is 1.14 bits per heavy atom. The molecule has 0 unspecified atom stereocenters. The summed E-state index contributed by atoms with van der Waals surface area (Å²) in [5.74, 6) is 1.26. The maximum Gasteiger partial charge on any atom is 0.181 e. The molecule has 0 spiro atoms. The van der Waals surface area contributed by atoms with Crippen LogP contribution in [0.4, 0.5) is 5.82 Å². The Balaban J connectivity index is 2.59. The van der Waals surface area contributed by atoms with E-state index in [1.165, 1.54) is 0 Å². The van der Waals surface area contributed by atoms with E-state index in [0.29, 0.717) is 21.6 Å². The predicted molar refractivity (Wildman–Crippen MR) is 88.1 cm³/mol. The third-order valence-corrected chi connectivity index (χ3v) is 3.37. The summed E-state index contributed by atoms with van der Waals surface area (Å²) in [5.41, 5.74) is 1.36. The first-order valence-electron chi connectivity index (χ1n) is 6.76. The molecule has 0 aliphatic carbocycles. The van der Waals surface area contributed by atoms with Gasteiger partial charge in [-0.15, -0.1) is 0 Å². The van der Waals surface area contributed by atoms with Crippen LogP contribution in [0.15, 0.2) is 18.3 Å². The summed E-state index contributed by atoms with van der Waals surface area (Å²) in [7, 11) is 0. The Hall–Kier alpha value is -1.39. The molecule has 0 aliphatic heterocycles. The van der Waals surface area contributed by atoms with Gasteiger partial charge in [-0.1, -0.05) is 44.0 Å². The molecule has 0 aliphatic rings. The highest BCUT2D eigenvalue weighted by Gasteiger charge is 2.20. The number of hydrogen-bond acceptors (Lipinski definition) is 4. The Morgan fingerprint density at radius 2 is 1.86 bits per heavy atom. The van der Waals surface area contributed by atoms with Crippen molar-refractivity contribution >= 4 is 29.0 Å². The number of halogens is 2. The molecule has 0 radical (unpaired) electrons. The molecular formula is C15H18Cl2N4. The second kappa shape index (κ2) is 6.16. The van der Waals surface area contributed by atoms with Gasteiger partial charge in [0.15, 0.2) is 5.82 Å². The number of nitrogens with one attached hydrogen (secondary N) is 1. The topological polar surface area (TPSA) is 50.7 Å². The summed E-state index contributed by atoms with van der Waals surface area (Å²) in [6.07, 6.45) is 1.54. The minimum absolute atomic E-state index is 0.0965. The number of anilines is 1. The highest BCUT2D eigenvalue weighted by molar-refractivity contribution is 6.35. The Bertz CT molecular complexity index is 651. The van der Waals surface area contributed by atoms with Gasteiger partial charge in [0, 0.05) is 24.2 Å². The zero-order chi connectivity index (χ0) is 15.6. The van der Waals surface area contributed by atoms with Gasteiger partial charge in [-0.25, -0.2) is 15.0 Å². The molecular weight excluding hydrogens is 307 g/mol. The van der Waals surface area contributed by atoms with Crippen molar-refractivity contribution in [2.45, 2.75) is 33.1 Å². The lowest BCUT2D eigenvalue weighted by Gasteiger charge is -2.19. The zero-order valence-corrected chi connectivity index (χ0v) is 14.0. The first kappa shape index (κ1) is 16.0. The zero-order valence-electron chi connectivity index (χ0n) is 12.5. The fourth-order valence-corrected chi connectivity index (χ4v) is 2.25. The summed E-state index contributed by atoms with van der Waals surface area (Å²) in [6.45, 7) is 9.11. The average Bonchev–Trinajstić information content (AvgIpc) is 2.37. The lowest BCUT2D eigenvalue weighted by molar-refractivity contribution is 0.568. The van der Waals surface area contributed by atoms with Crippen molar-refractivity contribution in [1.82, 2.24) is 15.0 Å². The lowest BCUT2D eigenvalue weighted by atomic mass is 9.92. The van der Waals surface area contributed by atoms with Crippen LogP contribution >= 0.6 is 23.2 Å². The number of hydrogen-bond donors (Lipinski definition) is 1. The smallest absolute Gasteiger partial charge is 0.181 e. The van der Waals surface area contributed by atoms with Crippen molar-refractivity contribution < 1.29 is 0 Å². The van der Waals surface area contributed by atoms with Gasteiger partial charge >= 0.3 is 0 Å². The summed E-state index contributed by atoms with van der Waals surface area (Å²) < 4.78 is 0. The van der Waals surface area contributed by atoms with E-state index in [2.05, 4.69) is 41.0 Å². The number of pyridine rings is 1. The third-order valence-electron chi connectivity index (χ3n) is 2.87. The molecule has 112 valence electrons. The maximum atomic E-state index is 6.21. The van der Waals surface area contributed by atoms with Crippen molar-refractivity contribution in [2.24, 2.45) is 0 Å². The molecule has 2 heterocycles. The lowest BCUT2D eigenvalue weighted by Crippen LogP contribution is -2.16. The fraction of sp³-hybridized carbons (Fsp3) is 0.400. The van der Waals surface area contributed by atoms with E-state index in [1.54, 1.807) is 12.3 Å². The molecule has 0 saturated carbocycles. The summed E-state index contributed by atoms with van der Waals surface area (Å²) >= 11 is 12.1. The molecule has 4 nitrogen and oxygen atoms in total. The molecule has 0 saturated heterocycles. The van der Waals surface area contributed by atoms with Crippen molar-refractivity contribution in [3.8, 4) is 11.5 Å². The molecule has 0 atom stereocenters. The largest absolute Gasteiger partial charge is 0.370 e. The molecule has 1 N–H and O–H groups in total. The van der Waals surface area contributed by atoms with Crippen molar-refractivity contribution in [3.63, 3.8) is 0 Å². The van der Waals surface area contributed by atoms with Crippen LogP contribution in [0.25, 0.3) is 11.5 Å². The van der Waals surface area contributed by atoms with E-state index < -0.39 is 0 Å². The first-order chi connectivity index (χ1) is 9.81. The molecule has 0 amide bonds. The predicted octanol–water partition coefficient (Wildman–Crippen LogP) is 4.57. The summed E-state index contributed by atoms with van der Waals surface area (Å²) in [5, 5.41) is 4.14. The molecule has 21 heavy (non-hydrogen) atoms. The van der Waals surface area contributed by atoms with Crippen LogP contribution in [-0.2, 0) is 5.41 Å². The minimum Gasteiger partial charge on any atom is -0.370 e. The van der Waals surface area contributed by atoms with Crippen LogP contribution in [-0.4, -0.2) is 21.5 Å². The van der Waals surface area contributed by atoms with E-state index in [4.69, 9.17) is 23.2 Å². The van der Waals surface area contributed by atoms with E-state index >= 15 is 0 Å². The molecule has 6 heteroatoms. The molecule has 2 rings (SSSR count). The van der Waals surface area contributed by atoms with Gasteiger partial charge < -0.3 is 5.32 Å². The standard InChI is InChI=1S/C15H18Cl2N4/c1-5-18-12-7-11(15(2,3)4)20-14(21-12)13-10(17)6-9(16)8-19-13/h6-8H,5H2,1-4H3,(H,18,20,21). The second-order valence-corrected chi connectivity index (χ2v) is 6.57. The quantitative estimate of drug-likeness (QED) is 0.898. The Labute approximate surface area is 134 Å². The van der Waals surface area contributed by atoms with Crippen LogP contribution in [0, 0.1) is 0 Å². The Morgan fingerprint density at radius 3 is 2.43 bits per heavy atom. The molecule has 0 aromatic carbocycles. The van der Waals surface area contributed by atoms with Gasteiger partial charge in [-0.3, -0.25) is 0 Å². The summed E-state index contributed by atoms with van der Waals surface area (Å²) in [6, 6.07) is 3.60. The van der Waals surface area contributed by atoms with E-state index in [-0.39, 0.29) is 5.41 Å². The van der Waals surface area contributed by atoms with Crippen molar-refractivity contribution in [1.29, 1.82) is 0 Å². The van der Waals surface area contributed by atoms with E-state index in [9.17, 15) is 0 Å². The van der Waals surface area contributed by atoms with Gasteiger partial charge in [0.05, 0.1) is 15.7 Å². The first-order valence-corrected chi connectivity index (χ1v) is 7.51. The third kappa shape index (κ3) is 3.83. The number of nitrogens with zero attached hydrogens (tertiary/aromatic N) is 3. The van der Waals surface area contributed by atoms with Crippen LogP contribution < -0.4 is 5.32 Å². The average molecular weight is 325 g/mol. The van der Waals surface area contributed by atoms with Gasteiger partial charge in [0.1, 0.15) is 11.5 Å². The van der Waals surface area contributed by atoms with Gasteiger partial charge in [-0.05, 0) is 13.0 Å². The normalized spacial score (nSPS) is 11.5. The highest BCUT2D eigenvalue weighted by Crippen LogP contribution is 2.29. The summed E-state index contributed by atoms with van der Waals surface area (Å²) in [4.78, 5) is 13.3. The van der Waals surface area contributed by atoms with Crippen molar-refractivity contribution in [2.75, 3.05) is 11.9 Å². The van der Waals surface area contributed by atoms with Crippen LogP contribution in [0.1, 0.15) is 33.4 Å². The maximum absolute atomic E-state index is 6.21.